The molecule has 0 bridgehead atoms. The second kappa shape index (κ2) is 6.30. The van der Waals surface area contributed by atoms with Crippen molar-refractivity contribution in [1.82, 2.24) is 15.1 Å². The first-order valence-electron chi connectivity index (χ1n) is 7.89. The van der Waals surface area contributed by atoms with Gasteiger partial charge in [0.2, 0.25) is 5.91 Å². The lowest BCUT2D eigenvalue weighted by Crippen LogP contribution is -2.32. The second-order valence-electron chi connectivity index (χ2n) is 5.97. The Morgan fingerprint density at radius 3 is 2.64 bits per heavy atom. The lowest BCUT2D eigenvalue weighted by atomic mass is 9.88. The zero-order valence-corrected chi connectivity index (χ0v) is 12.8. The first kappa shape index (κ1) is 14.8. The molecule has 0 radical (unpaired) electrons. The second-order valence-corrected chi connectivity index (χ2v) is 5.97. The summed E-state index contributed by atoms with van der Waals surface area (Å²) in [6, 6.07) is 7.40. The normalized spacial score (nSPS) is 15.9. The quantitative estimate of drug-likeness (QED) is 0.944. The Kier molecular flexibility index (Phi) is 4.22. The van der Waals surface area contributed by atoms with E-state index in [4.69, 9.17) is 0 Å². The number of aromatic nitrogens is 2. The van der Waals surface area contributed by atoms with Gasteiger partial charge in [-0.1, -0.05) is 37.5 Å². The van der Waals surface area contributed by atoms with E-state index in [0.717, 1.165) is 36.8 Å². The molecule has 1 saturated carbocycles. The van der Waals surface area contributed by atoms with Crippen molar-refractivity contribution in [3.05, 3.63) is 40.3 Å². The number of hydrogen-bond donors (Lipinski definition) is 1. The minimum Gasteiger partial charge on any atom is -0.350 e. The van der Waals surface area contributed by atoms with Crippen molar-refractivity contribution in [3.63, 3.8) is 0 Å². The Labute approximate surface area is 129 Å². The molecule has 22 heavy (non-hydrogen) atoms. The maximum absolute atomic E-state index is 12.3. The van der Waals surface area contributed by atoms with Crippen molar-refractivity contribution in [2.75, 3.05) is 0 Å². The van der Waals surface area contributed by atoms with Gasteiger partial charge in [0.15, 0.2) is 0 Å². The van der Waals surface area contributed by atoms with E-state index in [9.17, 15) is 9.59 Å². The minimum absolute atomic E-state index is 0.111. The van der Waals surface area contributed by atoms with Crippen LogP contribution >= 0.6 is 0 Å². The molecule has 1 aliphatic rings. The summed E-state index contributed by atoms with van der Waals surface area (Å²) < 4.78 is 1.34. The summed E-state index contributed by atoms with van der Waals surface area (Å²) in [6.07, 6.45) is 5.47. The van der Waals surface area contributed by atoms with Crippen LogP contribution in [0.25, 0.3) is 10.8 Å². The number of fused-ring (bicyclic) bond motifs is 1. The van der Waals surface area contributed by atoms with Crippen LogP contribution in [0.5, 0.6) is 0 Å². The summed E-state index contributed by atoms with van der Waals surface area (Å²) in [5, 5.41) is 8.75. The van der Waals surface area contributed by atoms with Crippen molar-refractivity contribution in [2.24, 2.45) is 13.0 Å². The van der Waals surface area contributed by atoms with Gasteiger partial charge in [0.05, 0.1) is 17.6 Å². The summed E-state index contributed by atoms with van der Waals surface area (Å²) >= 11 is 0. The molecule has 5 nitrogen and oxygen atoms in total. The van der Waals surface area contributed by atoms with E-state index in [1.165, 1.54) is 11.1 Å². The van der Waals surface area contributed by atoms with E-state index >= 15 is 0 Å². The standard InChI is InChI=1S/C17H21N3O2/c1-20-17(22)14-10-6-5-9-13(14)15(19-20)11-18-16(21)12-7-3-2-4-8-12/h5-6,9-10,12H,2-4,7-8,11H2,1H3,(H,18,21). The third-order valence-electron chi connectivity index (χ3n) is 4.44. The number of aryl methyl sites for hydroxylation is 1. The summed E-state index contributed by atoms with van der Waals surface area (Å²) in [4.78, 5) is 24.3. The maximum atomic E-state index is 12.3. The van der Waals surface area contributed by atoms with Crippen LogP contribution in [0.2, 0.25) is 0 Å². The molecular weight excluding hydrogens is 278 g/mol. The Bertz CT molecular complexity index is 745. The maximum Gasteiger partial charge on any atom is 0.274 e. The number of nitrogens with zero attached hydrogens (tertiary/aromatic N) is 2. The fourth-order valence-electron chi connectivity index (χ4n) is 3.19. The average Bonchev–Trinajstić information content (AvgIpc) is 2.57. The summed E-state index contributed by atoms with van der Waals surface area (Å²) in [5.74, 6) is 0.243. The molecular formula is C17H21N3O2. The topological polar surface area (TPSA) is 64.0 Å². The third-order valence-corrected chi connectivity index (χ3v) is 4.44. The van der Waals surface area contributed by atoms with Crippen molar-refractivity contribution >= 4 is 16.7 Å². The monoisotopic (exact) mass is 299 g/mol. The van der Waals surface area contributed by atoms with Crippen LogP contribution in [-0.4, -0.2) is 15.7 Å². The van der Waals surface area contributed by atoms with Gasteiger partial charge >= 0.3 is 0 Å². The summed E-state index contributed by atoms with van der Waals surface area (Å²) in [6.45, 7) is 0.365. The molecule has 1 N–H and O–H groups in total. The molecule has 116 valence electrons. The van der Waals surface area contributed by atoms with Crippen molar-refractivity contribution < 1.29 is 4.79 Å². The highest BCUT2D eigenvalue weighted by atomic mass is 16.2. The highest BCUT2D eigenvalue weighted by Crippen LogP contribution is 2.23. The molecule has 1 amide bonds. The number of hydrogen-bond acceptors (Lipinski definition) is 3. The van der Waals surface area contributed by atoms with Gasteiger partial charge in [0.1, 0.15) is 0 Å². The molecule has 0 unspecified atom stereocenters. The first-order valence-corrected chi connectivity index (χ1v) is 7.89. The molecule has 1 aliphatic carbocycles. The van der Waals surface area contributed by atoms with Crippen LogP contribution in [0.15, 0.2) is 29.1 Å². The Morgan fingerprint density at radius 2 is 1.91 bits per heavy atom. The largest absolute Gasteiger partial charge is 0.350 e. The van der Waals surface area contributed by atoms with E-state index in [-0.39, 0.29) is 17.4 Å². The molecule has 0 spiro atoms. The molecule has 1 heterocycles. The van der Waals surface area contributed by atoms with Crippen LogP contribution in [0.1, 0.15) is 37.8 Å². The number of amides is 1. The van der Waals surface area contributed by atoms with Gasteiger partial charge in [0.25, 0.3) is 5.56 Å². The predicted molar refractivity (Wildman–Crippen MR) is 85.4 cm³/mol. The van der Waals surface area contributed by atoms with Crippen molar-refractivity contribution in [3.8, 4) is 0 Å². The summed E-state index contributed by atoms with van der Waals surface area (Å²) in [5.41, 5.74) is 0.625. The van der Waals surface area contributed by atoms with Crippen molar-refractivity contribution in [2.45, 2.75) is 38.6 Å². The fourth-order valence-corrected chi connectivity index (χ4v) is 3.19. The van der Waals surface area contributed by atoms with Gasteiger partial charge in [-0.15, -0.1) is 0 Å². The zero-order chi connectivity index (χ0) is 15.5. The Balaban J connectivity index is 1.80. The number of rotatable bonds is 3. The number of nitrogens with one attached hydrogen (secondary N) is 1. The van der Waals surface area contributed by atoms with Gasteiger partial charge in [-0.2, -0.15) is 5.10 Å². The lowest BCUT2D eigenvalue weighted by Gasteiger charge is -2.20. The summed E-state index contributed by atoms with van der Waals surface area (Å²) in [7, 11) is 1.64. The molecule has 1 fully saturated rings. The Hall–Kier alpha value is -2.17. The van der Waals surface area contributed by atoms with Gasteiger partial charge in [-0.3, -0.25) is 9.59 Å². The molecule has 0 saturated heterocycles. The number of carbonyl (C=O) groups is 1. The van der Waals surface area contributed by atoms with Crippen LogP contribution in [-0.2, 0) is 18.4 Å². The van der Waals surface area contributed by atoms with Gasteiger partial charge in [-0.05, 0) is 18.9 Å². The molecule has 0 aliphatic heterocycles. The molecule has 5 heteroatoms. The fraction of sp³-hybridized carbons (Fsp3) is 0.471. The van der Waals surface area contributed by atoms with Gasteiger partial charge in [-0.25, -0.2) is 4.68 Å². The molecule has 1 aromatic heterocycles. The molecule has 1 aromatic carbocycles. The minimum atomic E-state index is -0.113. The first-order chi connectivity index (χ1) is 10.7. The van der Waals surface area contributed by atoms with Crippen LogP contribution < -0.4 is 10.9 Å². The predicted octanol–water partition coefficient (Wildman–Crippen LogP) is 2.13. The van der Waals surface area contributed by atoms with E-state index in [2.05, 4.69) is 10.4 Å². The smallest absolute Gasteiger partial charge is 0.274 e. The zero-order valence-electron chi connectivity index (χ0n) is 12.8. The van der Waals surface area contributed by atoms with Crippen LogP contribution in [0.4, 0.5) is 0 Å². The van der Waals surface area contributed by atoms with Crippen LogP contribution in [0, 0.1) is 5.92 Å². The van der Waals surface area contributed by atoms with E-state index in [1.54, 1.807) is 13.1 Å². The van der Waals surface area contributed by atoms with E-state index in [0.29, 0.717) is 11.9 Å². The third kappa shape index (κ3) is 2.89. The lowest BCUT2D eigenvalue weighted by molar-refractivity contribution is -0.126. The van der Waals surface area contributed by atoms with E-state index < -0.39 is 0 Å². The highest BCUT2D eigenvalue weighted by molar-refractivity contribution is 5.84. The van der Waals surface area contributed by atoms with E-state index in [1.807, 2.05) is 18.2 Å². The van der Waals surface area contributed by atoms with Gasteiger partial charge < -0.3 is 5.32 Å². The number of carbonyl (C=O) groups excluding carboxylic acids is 1. The molecule has 2 aromatic rings. The molecule has 0 atom stereocenters. The van der Waals surface area contributed by atoms with Crippen LogP contribution in [0.3, 0.4) is 0 Å². The average molecular weight is 299 g/mol. The van der Waals surface area contributed by atoms with Gasteiger partial charge in [0, 0.05) is 18.4 Å². The SMILES string of the molecule is Cn1nc(CNC(=O)C2CCCCC2)c2ccccc2c1=O. The highest BCUT2D eigenvalue weighted by Gasteiger charge is 2.21. The number of benzene rings is 1. The molecule has 3 rings (SSSR count). The van der Waals surface area contributed by atoms with Crippen molar-refractivity contribution in [1.29, 1.82) is 0 Å². The Morgan fingerprint density at radius 1 is 1.23 bits per heavy atom.